The summed E-state index contributed by atoms with van der Waals surface area (Å²) >= 11 is 0. The predicted molar refractivity (Wildman–Crippen MR) is 89.3 cm³/mol. The Morgan fingerprint density at radius 2 is 1.78 bits per heavy atom. The topological polar surface area (TPSA) is 58.1 Å². The van der Waals surface area contributed by atoms with Gasteiger partial charge in [0.2, 0.25) is 5.91 Å². The molecule has 2 heterocycles. The van der Waals surface area contributed by atoms with E-state index < -0.39 is 0 Å². The lowest BCUT2D eigenvalue weighted by atomic mass is 9.83. The standard InChI is InChI=1S/C18H26N4O/c23-18(21-15-5-2-6-15)14-7-9-22(10-8-14)17-11-16(19-12-20-17)13-3-1-4-13/h11-15H,1-10H2,(H,21,23). The highest BCUT2D eigenvalue weighted by Gasteiger charge is 2.29. The van der Waals surface area contributed by atoms with E-state index in [9.17, 15) is 4.79 Å². The number of anilines is 1. The van der Waals surface area contributed by atoms with Crippen LogP contribution in [-0.4, -0.2) is 35.0 Å². The smallest absolute Gasteiger partial charge is 0.223 e. The molecule has 1 N–H and O–H groups in total. The highest BCUT2D eigenvalue weighted by molar-refractivity contribution is 5.79. The summed E-state index contributed by atoms with van der Waals surface area (Å²) in [5.74, 6) is 2.13. The second kappa shape index (κ2) is 6.46. The SMILES string of the molecule is O=C(NC1CCC1)C1CCN(c2cc(C3CCC3)ncn2)CC1. The third kappa shape index (κ3) is 3.19. The summed E-state index contributed by atoms with van der Waals surface area (Å²) in [5, 5.41) is 3.20. The molecule has 1 amide bonds. The molecule has 124 valence electrons. The molecule has 5 nitrogen and oxygen atoms in total. The minimum atomic E-state index is 0.180. The average Bonchev–Trinajstić information content (AvgIpc) is 2.49. The summed E-state index contributed by atoms with van der Waals surface area (Å²) in [6.07, 6.45) is 11.0. The summed E-state index contributed by atoms with van der Waals surface area (Å²) in [4.78, 5) is 23.5. The van der Waals surface area contributed by atoms with Crippen LogP contribution in [0.2, 0.25) is 0 Å². The lowest BCUT2D eigenvalue weighted by molar-refractivity contribution is -0.126. The van der Waals surface area contributed by atoms with Gasteiger partial charge in [0.25, 0.3) is 0 Å². The summed E-state index contributed by atoms with van der Waals surface area (Å²) < 4.78 is 0. The number of carbonyl (C=O) groups is 1. The second-order valence-corrected chi connectivity index (χ2v) is 7.33. The van der Waals surface area contributed by atoms with Gasteiger partial charge in [-0.25, -0.2) is 9.97 Å². The van der Waals surface area contributed by atoms with Crippen LogP contribution < -0.4 is 10.2 Å². The molecule has 0 unspecified atom stereocenters. The van der Waals surface area contributed by atoms with E-state index in [1.807, 2.05) is 0 Å². The molecule has 4 rings (SSSR count). The van der Waals surface area contributed by atoms with Crippen molar-refractivity contribution in [3.05, 3.63) is 18.1 Å². The molecule has 1 aromatic heterocycles. The van der Waals surface area contributed by atoms with Gasteiger partial charge < -0.3 is 10.2 Å². The maximum absolute atomic E-state index is 12.3. The van der Waals surface area contributed by atoms with Crippen molar-refractivity contribution in [1.29, 1.82) is 0 Å². The van der Waals surface area contributed by atoms with E-state index >= 15 is 0 Å². The van der Waals surface area contributed by atoms with Crippen molar-refractivity contribution >= 4 is 11.7 Å². The van der Waals surface area contributed by atoms with Crippen molar-refractivity contribution in [1.82, 2.24) is 15.3 Å². The van der Waals surface area contributed by atoms with Gasteiger partial charge in [0.15, 0.2) is 0 Å². The zero-order chi connectivity index (χ0) is 15.6. The molecular weight excluding hydrogens is 288 g/mol. The fourth-order valence-corrected chi connectivity index (χ4v) is 3.70. The number of carbonyl (C=O) groups excluding carboxylic acids is 1. The maximum atomic E-state index is 12.3. The number of hydrogen-bond acceptors (Lipinski definition) is 4. The first-order valence-corrected chi connectivity index (χ1v) is 9.17. The van der Waals surface area contributed by atoms with Gasteiger partial charge in [-0.15, -0.1) is 0 Å². The van der Waals surface area contributed by atoms with Crippen molar-refractivity contribution in [2.75, 3.05) is 18.0 Å². The quantitative estimate of drug-likeness (QED) is 0.928. The van der Waals surface area contributed by atoms with Crippen LogP contribution in [0.15, 0.2) is 12.4 Å². The van der Waals surface area contributed by atoms with Gasteiger partial charge in [0.05, 0.1) is 0 Å². The van der Waals surface area contributed by atoms with E-state index in [0.29, 0.717) is 12.0 Å². The van der Waals surface area contributed by atoms with E-state index in [2.05, 4.69) is 26.3 Å². The fraction of sp³-hybridized carbons (Fsp3) is 0.722. The van der Waals surface area contributed by atoms with E-state index in [-0.39, 0.29) is 11.8 Å². The molecule has 5 heteroatoms. The molecule has 3 aliphatic rings. The van der Waals surface area contributed by atoms with Gasteiger partial charge in [-0.2, -0.15) is 0 Å². The third-order valence-corrected chi connectivity index (χ3v) is 5.84. The van der Waals surface area contributed by atoms with Crippen LogP contribution in [0, 0.1) is 5.92 Å². The Bertz CT molecular complexity index is 560. The van der Waals surface area contributed by atoms with Crippen molar-refractivity contribution < 1.29 is 4.79 Å². The molecule has 0 spiro atoms. The highest BCUT2D eigenvalue weighted by Crippen LogP contribution is 2.36. The first-order chi connectivity index (χ1) is 11.3. The first kappa shape index (κ1) is 14.9. The van der Waals surface area contributed by atoms with Crippen LogP contribution in [0.4, 0.5) is 5.82 Å². The Morgan fingerprint density at radius 1 is 1.04 bits per heavy atom. The summed E-state index contributed by atoms with van der Waals surface area (Å²) in [5.41, 5.74) is 1.20. The molecule has 0 atom stereocenters. The van der Waals surface area contributed by atoms with Crippen LogP contribution in [0.1, 0.15) is 63.0 Å². The lowest BCUT2D eigenvalue weighted by Crippen LogP contribution is -2.46. The molecule has 2 aliphatic carbocycles. The first-order valence-electron chi connectivity index (χ1n) is 9.17. The summed E-state index contributed by atoms with van der Waals surface area (Å²) in [7, 11) is 0. The van der Waals surface area contributed by atoms with E-state index in [4.69, 9.17) is 0 Å². The van der Waals surface area contributed by atoms with Gasteiger partial charge in [-0.1, -0.05) is 6.42 Å². The normalized spacial score (nSPS) is 23.2. The summed E-state index contributed by atoms with van der Waals surface area (Å²) in [6, 6.07) is 2.62. The Hall–Kier alpha value is -1.65. The van der Waals surface area contributed by atoms with Crippen LogP contribution in [0.3, 0.4) is 0 Å². The van der Waals surface area contributed by atoms with Gasteiger partial charge >= 0.3 is 0 Å². The Kier molecular flexibility index (Phi) is 4.19. The number of amides is 1. The van der Waals surface area contributed by atoms with Crippen LogP contribution in [-0.2, 0) is 4.79 Å². The van der Waals surface area contributed by atoms with Crippen LogP contribution >= 0.6 is 0 Å². The van der Waals surface area contributed by atoms with E-state index in [1.54, 1.807) is 6.33 Å². The monoisotopic (exact) mass is 314 g/mol. The minimum absolute atomic E-state index is 0.180. The van der Waals surface area contributed by atoms with Gasteiger partial charge in [0.1, 0.15) is 12.1 Å². The van der Waals surface area contributed by atoms with Crippen LogP contribution in [0.25, 0.3) is 0 Å². The van der Waals surface area contributed by atoms with E-state index in [0.717, 1.165) is 44.6 Å². The molecule has 2 saturated carbocycles. The van der Waals surface area contributed by atoms with Crippen molar-refractivity contribution in [2.45, 2.75) is 63.3 Å². The van der Waals surface area contributed by atoms with E-state index in [1.165, 1.54) is 31.4 Å². The van der Waals surface area contributed by atoms with Gasteiger partial charge in [-0.3, -0.25) is 4.79 Å². The average molecular weight is 314 g/mol. The molecule has 0 radical (unpaired) electrons. The molecule has 0 bridgehead atoms. The molecule has 1 aliphatic heterocycles. The molecular formula is C18H26N4O. The zero-order valence-electron chi connectivity index (χ0n) is 13.7. The fourth-order valence-electron chi connectivity index (χ4n) is 3.70. The lowest BCUT2D eigenvalue weighted by Gasteiger charge is -2.34. The van der Waals surface area contributed by atoms with Gasteiger partial charge in [0, 0.05) is 42.7 Å². The number of hydrogen-bond donors (Lipinski definition) is 1. The predicted octanol–water partition coefficient (Wildman–Crippen LogP) is 2.63. The summed E-state index contributed by atoms with van der Waals surface area (Å²) in [6.45, 7) is 1.84. The minimum Gasteiger partial charge on any atom is -0.356 e. The largest absolute Gasteiger partial charge is 0.356 e. The molecule has 1 aromatic rings. The maximum Gasteiger partial charge on any atom is 0.223 e. The number of aromatic nitrogens is 2. The number of rotatable bonds is 4. The number of nitrogens with zero attached hydrogens (tertiary/aromatic N) is 3. The molecule has 1 saturated heterocycles. The van der Waals surface area contributed by atoms with Crippen molar-refractivity contribution in [3.63, 3.8) is 0 Å². The molecule has 23 heavy (non-hydrogen) atoms. The Balaban J connectivity index is 1.32. The molecule has 0 aromatic carbocycles. The Labute approximate surface area is 137 Å². The highest BCUT2D eigenvalue weighted by atomic mass is 16.2. The second-order valence-electron chi connectivity index (χ2n) is 7.33. The van der Waals surface area contributed by atoms with Crippen molar-refractivity contribution in [2.24, 2.45) is 5.92 Å². The third-order valence-electron chi connectivity index (χ3n) is 5.84. The zero-order valence-corrected chi connectivity index (χ0v) is 13.7. The number of nitrogens with one attached hydrogen (secondary N) is 1. The van der Waals surface area contributed by atoms with Crippen LogP contribution in [0.5, 0.6) is 0 Å². The molecule has 3 fully saturated rings. The Morgan fingerprint density at radius 3 is 2.39 bits per heavy atom. The number of piperidine rings is 1. The van der Waals surface area contributed by atoms with Crippen molar-refractivity contribution in [3.8, 4) is 0 Å². The van der Waals surface area contributed by atoms with Gasteiger partial charge in [-0.05, 0) is 44.9 Å².